The number of esters is 1. The van der Waals surface area contributed by atoms with E-state index in [1.807, 2.05) is 14.1 Å². The molecule has 0 spiro atoms. The fourth-order valence-electron chi connectivity index (χ4n) is 2.89. The van der Waals surface area contributed by atoms with Gasteiger partial charge in [0.1, 0.15) is 11.6 Å². The molecule has 0 radical (unpaired) electrons. The molecule has 1 aliphatic carbocycles. The third-order valence-electron chi connectivity index (χ3n) is 4.36. The molecule has 1 heterocycles. The Balaban J connectivity index is 0.00000210. The van der Waals surface area contributed by atoms with Crippen LogP contribution in [0.2, 0.25) is 10.0 Å². The number of ether oxygens (including phenoxy) is 1. The van der Waals surface area contributed by atoms with Crippen molar-refractivity contribution in [2.75, 3.05) is 14.1 Å². The Morgan fingerprint density at radius 1 is 1.19 bits per heavy atom. The van der Waals surface area contributed by atoms with Crippen molar-refractivity contribution in [1.82, 2.24) is 9.88 Å². The monoisotopic (exact) mass is 426 g/mol. The van der Waals surface area contributed by atoms with Crippen LogP contribution in [0.25, 0.3) is 22.6 Å². The number of hydrogen-bond acceptors (Lipinski definition) is 5. The molecule has 0 amide bonds. The maximum Gasteiger partial charge on any atom is 0.338 e. The molecule has 4 rings (SSSR count). The van der Waals surface area contributed by atoms with Gasteiger partial charge in [-0.05, 0) is 50.5 Å². The molecule has 1 saturated carbocycles. The predicted octanol–water partition coefficient (Wildman–Crippen LogP) is 5.08. The smallest absolute Gasteiger partial charge is 0.338 e. The molecule has 5 nitrogen and oxygen atoms in total. The maximum atomic E-state index is 12.3. The predicted molar refractivity (Wildman–Crippen MR) is 108 cm³/mol. The third kappa shape index (κ3) is 4.22. The molecule has 0 N–H and O–H groups in total. The number of rotatable bonds is 4. The van der Waals surface area contributed by atoms with E-state index in [2.05, 4.69) is 9.88 Å². The Labute approximate surface area is 172 Å². The van der Waals surface area contributed by atoms with Crippen molar-refractivity contribution in [2.45, 2.75) is 18.6 Å². The van der Waals surface area contributed by atoms with E-state index in [1.54, 1.807) is 36.4 Å². The van der Waals surface area contributed by atoms with Crippen molar-refractivity contribution in [1.29, 1.82) is 0 Å². The van der Waals surface area contributed by atoms with E-state index in [1.165, 1.54) is 0 Å². The van der Waals surface area contributed by atoms with Gasteiger partial charge in [-0.2, -0.15) is 0 Å². The lowest BCUT2D eigenvalue weighted by atomic mass is 10.2. The van der Waals surface area contributed by atoms with Crippen molar-refractivity contribution in [2.24, 2.45) is 0 Å². The van der Waals surface area contributed by atoms with Gasteiger partial charge >= 0.3 is 5.97 Å². The first-order valence-corrected chi connectivity index (χ1v) is 8.91. The maximum absolute atomic E-state index is 12.3. The zero-order valence-corrected chi connectivity index (χ0v) is 16.9. The van der Waals surface area contributed by atoms with Gasteiger partial charge in [0.2, 0.25) is 5.89 Å². The van der Waals surface area contributed by atoms with E-state index in [0.717, 1.165) is 6.42 Å². The highest BCUT2D eigenvalue weighted by Gasteiger charge is 2.42. The molecule has 1 aromatic heterocycles. The van der Waals surface area contributed by atoms with E-state index in [4.69, 9.17) is 32.4 Å². The summed E-state index contributed by atoms with van der Waals surface area (Å²) in [4.78, 5) is 18.8. The van der Waals surface area contributed by atoms with E-state index < -0.39 is 0 Å². The Hall–Kier alpha value is -1.79. The molecule has 0 aliphatic heterocycles. The Morgan fingerprint density at radius 2 is 1.89 bits per heavy atom. The second kappa shape index (κ2) is 7.68. The van der Waals surface area contributed by atoms with Crippen molar-refractivity contribution in [3.05, 3.63) is 52.0 Å². The topological polar surface area (TPSA) is 55.6 Å². The number of hydrogen-bond donors (Lipinski definition) is 0. The van der Waals surface area contributed by atoms with Crippen LogP contribution in [-0.2, 0) is 4.74 Å². The number of benzene rings is 2. The van der Waals surface area contributed by atoms with Crippen LogP contribution < -0.4 is 0 Å². The summed E-state index contributed by atoms with van der Waals surface area (Å²) < 4.78 is 11.3. The third-order valence-corrected chi connectivity index (χ3v) is 4.79. The summed E-state index contributed by atoms with van der Waals surface area (Å²) in [6, 6.07) is 10.5. The molecule has 2 atom stereocenters. The van der Waals surface area contributed by atoms with E-state index in [0.29, 0.717) is 44.2 Å². The highest BCUT2D eigenvalue weighted by molar-refractivity contribution is 6.35. The fourth-order valence-corrected chi connectivity index (χ4v) is 3.41. The molecule has 0 bridgehead atoms. The fraction of sp³-hybridized carbons (Fsp3) is 0.263. The van der Waals surface area contributed by atoms with Gasteiger partial charge in [0.15, 0.2) is 5.58 Å². The summed E-state index contributed by atoms with van der Waals surface area (Å²) in [6.45, 7) is 0. The average Bonchev–Trinajstić information content (AvgIpc) is 3.21. The van der Waals surface area contributed by atoms with Crippen LogP contribution in [0.15, 0.2) is 40.8 Å². The number of aromatic nitrogens is 1. The molecule has 2 aromatic carbocycles. The van der Waals surface area contributed by atoms with Crippen LogP contribution in [0.3, 0.4) is 0 Å². The average molecular weight is 428 g/mol. The molecule has 1 aliphatic rings. The Bertz CT molecular complexity index is 983. The van der Waals surface area contributed by atoms with Gasteiger partial charge in [0, 0.05) is 28.1 Å². The van der Waals surface area contributed by atoms with Crippen molar-refractivity contribution in [3.63, 3.8) is 0 Å². The first-order chi connectivity index (χ1) is 12.4. The molecular weight excluding hydrogens is 411 g/mol. The van der Waals surface area contributed by atoms with Crippen LogP contribution >= 0.6 is 35.6 Å². The summed E-state index contributed by atoms with van der Waals surface area (Å²) in [7, 11) is 3.95. The second-order valence-electron chi connectivity index (χ2n) is 6.57. The number of carbonyl (C=O) groups excluding carboxylic acids is 1. The molecule has 1 fully saturated rings. The lowest BCUT2D eigenvalue weighted by Crippen LogP contribution is -2.20. The first-order valence-electron chi connectivity index (χ1n) is 8.15. The molecule has 27 heavy (non-hydrogen) atoms. The number of fused-ring (bicyclic) bond motifs is 1. The molecule has 0 unspecified atom stereocenters. The molecular formula is C19H17Cl3N2O3. The normalized spacial score (nSPS) is 18.4. The van der Waals surface area contributed by atoms with E-state index in [-0.39, 0.29) is 24.5 Å². The second-order valence-corrected chi connectivity index (χ2v) is 7.44. The number of halogens is 3. The zero-order valence-electron chi connectivity index (χ0n) is 14.6. The summed E-state index contributed by atoms with van der Waals surface area (Å²) in [5.74, 6) is 0.0368. The summed E-state index contributed by atoms with van der Waals surface area (Å²) in [6.07, 6.45) is 0.815. The number of likely N-dealkylation sites (N-methyl/N-ethyl adjacent to an activating group) is 1. The van der Waals surface area contributed by atoms with Crippen LogP contribution in [-0.4, -0.2) is 42.1 Å². The van der Waals surface area contributed by atoms with E-state index >= 15 is 0 Å². The lowest BCUT2D eigenvalue weighted by molar-refractivity contribution is 0.0439. The lowest BCUT2D eigenvalue weighted by Gasteiger charge is -2.09. The van der Waals surface area contributed by atoms with Crippen molar-refractivity contribution < 1.29 is 13.9 Å². The van der Waals surface area contributed by atoms with Gasteiger partial charge in [0.25, 0.3) is 0 Å². The minimum Gasteiger partial charge on any atom is -0.457 e. The molecule has 0 saturated heterocycles. The molecule has 3 aromatic rings. The van der Waals surface area contributed by atoms with Gasteiger partial charge < -0.3 is 14.1 Å². The Morgan fingerprint density at radius 3 is 2.52 bits per heavy atom. The quantitative estimate of drug-likeness (QED) is 0.543. The van der Waals surface area contributed by atoms with Gasteiger partial charge in [-0.1, -0.05) is 23.2 Å². The Kier molecular flexibility index (Phi) is 5.68. The number of nitrogens with zero attached hydrogens (tertiary/aromatic N) is 2. The van der Waals surface area contributed by atoms with Gasteiger partial charge in [0.05, 0.1) is 5.56 Å². The van der Waals surface area contributed by atoms with Crippen LogP contribution in [0.4, 0.5) is 0 Å². The molecule has 142 valence electrons. The first kappa shape index (κ1) is 20.0. The van der Waals surface area contributed by atoms with Gasteiger partial charge in [-0.25, -0.2) is 9.78 Å². The number of carbonyl (C=O) groups is 1. The minimum atomic E-state index is -0.356. The molecule has 8 heteroatoms. The highest BCUT2D eigenvalue weighted by atomic mass is 35.5. The van der Waals surface area contributed by atoms with Crippen molar-refractivity contribution in [3.8, 4) is 11.5 Å². The van der Waals surface area contributed by atoms with Crippen molar-refractivity contribution >= 4 is 52.7 Å². The van der Waals surface area contributed by atoms with Crippen LogP contribution in [0, 0.1) is 0 Å². The van der Waals surface area contributed by atoms with Crippen LogP contribution in [0.5, 0.6) is 0 Å². The minimum absolute atomic E-state index is 0. The standard InChI is InChI=1S/C19H16Cl2N2O3.ClH/c1-23(2)15-9-17(15)26-19(24)10-3-4-14-16(7-10)25-18(22-14)11-5-12(20)8-13(21)6-11;/h3-8,15,17H,9H2,1-2H3;1H/t15-,17-;/m1./s1. The highest BCUT2D eigenvalue weighted by Crippen LogP contribution is 2.32. The van der Waals surface area contributed by atoms with Gasteiger partial charge in [-0.3, -0.25) is 0 Å². The number of oxazole rings is 1. The zero-order chi connectivity index (χ0) is 18.4. The SMILES string of the molecule is CN(C)[C@@H]1C[C@H]1OC(=O)c1ccc2nc(-c3cc(Cl)cc(Cl)c3)oc2c1.Cl. The van der Waals surface area contributed by atoms with E-state index in [9.17, 15) is 4.79 Å². The van der Waals surface area contributed by atoms with Crippen LogP contribution in [0.1, 0.15) is 16.8 Å². The van der Waals surface area contributed by atoms with Gasteiger partial charge in [-0.15, -0.1) is 12.4 Å². The summed E-state index contributed by atoms with van der Waals surface area (Å²) >= 11 is 12.1. The summed E-state index contributed by atoms with van der Waals surface area (Å²) in [5, 5.41) is 0.998. The largest absolute Gasteiger partial charge is 0.457 e. The summed E-state index contributed by atoms with van der Waals surface area (Å²) in [5.41, 5.74) is 2.26.